The lowest BCUT2D eigenvalue weighted by Crippen LogP contribution is -2.12. The van der Waals surface area contributed by atoms with Crippen molar-refractivity contribution in [1.29, 1.82) is 0 Å². The monoisotopic (exact) mass is 247 g/mol. The Hall–Kier alpha value is -0.680. The second kappa shape index (κ2) is 4.67. The van der Waals surface area contributed by atoms with Crippen LogP contribution < -0.4 is 5.32 Å². The maximum atomic E-state index is 12.1. The molecule has 1 saturated heterocycles. The van der Waals surface area contributed by atoms with E-state index in [9.17, 15) is 13.2 Å². The van der Waals surface area contributed by atoms with Crippen LogP contribution in [0.1, 0.15) is 24.4 Å². The molecule has 1 aliphatic rings. The summed E-state index contributed by atoms with van der Waals surface area (Å²) in [5, 5.41) is 3.31. The second-order valence-corrected chi connectivity index (χ2v) is 4.90. The van der Waals surface area contributed by atoms with Crippen LogP contribution in [0.15, 0.2) is 29.2 Å². The van der Waals surface area contributed by atoms with Crippen LogP contribution >= 0.6 is 11.8 Å². The van der Waals surface area contributed by atoms with Gasteiger partial charge in [-0.15, -0.1) is 0 Å². The molecule has 0 spiro atoms. The van der Waals surface area contributed by atoms with Gasteiger partial charge in [0.1, 0.15) is 0 Å². The zero-order valence-corrected chi connectivity index (χ0v) is 9.37. The van der Waals surface area contributed by atoms with Crippen LogP contribution in [0.2, 0.25) is 0 Å². The lowest BCUT2D eigenvalue weighted by atomic mass is 10.1. The van der Waals surface area contributed by atoms with Crippen LogP contribution in [-0.2, 0) is 0 Å². The first kappa shape index (κ1) is 11.8. The molecule has 1 atom stereocenters. The van der Waals surface area contributed by atoms with E-state index < -0.39 is 5.51 Å². The molecule has 5 heteroatoms. The maximum Gasteiger partial charge on any atom is 0.446 e. The van der Waals surface area contributed by atoms with E-state index in [4.69, 9.17) is 0 Å². The number of hydrogen-bond acceptors (Lipinski definition) is 2. The molecule has 1 nitrogen and oxygen atoms in total. The van der Waals surface area contributed by atoms with E-state index >= 15 is 0 Å². The fourth-order valence-corrected chi connectivity index (χ4v) is 2.41. The number of halogens is 3. The first-order valence-corrected chi connectivity index (χ1v) is 5.95. The van der Waals surface area contributed by atoms with Gasteiger partial charge in [0, 0.05) is 10.9 Å². The standard InChI is InChI=1S/C11H12F3NS/c12-11(13,14)16-9-5-3-8(4-6-9)10-2-1-7-15-10/h3-6,10,15H,1-2,7H2/t10-/m0/s1. The molecule has 16 heavy (non-hydrogen) atoms. The maximum absolute atomic E-state index is 12.1. The van der Waals surface area contributed by atoms with Crippen molar-refractivity contribution in [3.8, 4) is 0 Å². The quantitative estimate of drug-likeness (QED) is 0.799. The van der Waals surface area contributed by atoms with E-state index in [1.165, 1.54) is 12.1 Å². The van der Waals surface area contributed by atoms with Crippen molar-refractivity contribution >= 4 is 11.8 Å². The Bertz CT molecular complexity index is 341. The number of rotatable bonds is 2. The van der Waals surface area contributed by atoms with Crippen molar-refractivity contribution in [3.05, 3.63) is 29.8 Å². The summed E-state index contributed by atoms with van der Waals surface area (Å²) in [6.07, 6.45) is 2.19. The SMILES string of the molecule is FC(F)(F)Sc1ccc([C@@H]2CCCN2)cc1. The third kappa shape index (κ3) is 3.15. The smallest absolute Gasteiger partial charge is 0.310 e. The van der Waals surface area contributed by atoms with Gasteiger partial charge in [-0.1, -0.05) is 12.1 Å². The molecule has 0 aromatic heterocycles. The van der Waals surface area contributed by atoms with Crippen LogP contribution in [0, 0.1) is 0 Å². The highest BCUT2D eigenvalue weighted by atomic mass is 32.2. The summed E-state index contributed by atoms with van der Waals surface area (Å²) in [4.78, 5) is 0.245. The van der Waals surface area contributed by atoms with Crippen LogP contribution in [0.25, 0.3) is 0 Å². The van der Waals surface area contributed by atoms with Crippen LogP contribution in [0.3, 0.4) is 0 Å². The lowest BCUT2D eigenvalue weighted by molar-refractivity contribution is -0.0328. The number of benzene rings is 1. The highest BCUT2D eigenvalue weighted by Gasteiger charge is 2.29. The average molecular weight is 247 g/mol. The number of hydrogen-bond donors (Lipinski definition) is 1. The molecule has 0 unspecified atom stereocenters. The van der Waals surface area contributed by atoms with Gasteiger partial charge in [-0.05, 0) is 48.8 Å². The Kier molecular flexibility index (Phi) is 3.44. The van der Waals surface area contributed by atoms with Gasteiger partial charge >= 0.3 is 5.51 Å². The zero-order chi connectivity index (χ0) is 11.6. The first-order valence-electron chi connectivity index (χ1n) is 5.14. The number of alkyl halides is 3. The van der Waals surface area contributed by atoms with Crippen LogP contribution in [0.4, 0.5) is 13.2 Å². The Morgan fingerprint density at radius 1 is 1.19 bits per heavy atom. The Balaban J connectivity index is 2.04. The lowest BCUT2D eigenvalue weighted by Gasteiger charge is -2.11. The van der Waals surface area contributed by atoms with E-state index in [0.717, 1.165) is 24.9 Å². The molecule has 0 amide bonds. The van der Waals surface area contributed by atoms with Crippen molar-refractivity contribution in [1.82, 2.24) is 5.32 Å². The van der Waals surface area contributed by atoms with E-state index in [0.29, 0.717) is 6.04 Å². The van der Waals surface area contributed by atoms with Gasteiger partial charge in [-0.3, -0.25) is 0 Å². The van der Waals surface area contributed by atoms with Crippen LogP contribution in [-0.4, -0.2) is 12.1 Å². The summed E-state index contributed by atoms with van der Waals surface area (Å²) in [6.45, 7) is 0.990. The summed E-state index contributed by atoms with van der Waals surface area (Å²) >= 11 is -0.0684. The highest BCUT2D eigenvalue weighted by Crippen LogP contribution is 2.37. The molecule has 0 radical (unpaired) electrons. The van der Waals surface area contributed by atoms with E-state index in [2.05, 4.69) is 5.32 Å². The van der Waals surface area contributed by atoms with Crippen molar-refractivity contribution in [2.75, 3.05) is 6.54 Å². The molecule has 1 aliphatic heterocycles. The molecule has 1 aromatic carbocycles. The molecular weight excluding hydrogens is 235 g/mol. The molecule has 0 bridgehead atoms. The number of thioether (sulfide) groups is 1. The minimum absolute atomic E-state index is 0.0684. The summed E-state index contributed by atoms with van der Waals surface area (Å²) in [7, 11) is 0. The normalized spacial score (nSPS) is 21.3. The van der Waals surface area contributed by atoms with Gasteiger partial charge in [-0.2, -0.15) is 13.2 Å². The van der Waals surface area contributed by atoms with Crippen molar-refractivity contribution < 1.29 is 13.2 Å². The molecule has 0 saturated carbocycles. The molecular formula is C11H12F3NS. The summed E-state index contributed by atoms with van der Waals surface area (Å²) in [6, 6.07) is 6.93. The topological polar surface area (TPSA) is 12.0 Å². The summed E-state index contributed by atoms with van der Waals surface area (Å²) < 4.78 is 36.3. The molecule has 0 aliphatic carbocycles. The molecule has 1 heterocycles. The zero-order valence-electron chi connectivity index (χ0n) is 8.55. The highest BCUT2D eigenvalue weighted by molar-refractivity contribution is 8.00. The fraction of sp³-hybridized carbons (Fsp3) is 0.455. The third-order valence-corrected chi connectivity index (χ3v) is 3.32. The van der Waals surface area contributed by atoms with E-state index in [1.54, 1.807) is 12.1 Å². The molecule has 1 fully saturated rings. The largest absolute Gasteiger partial charge is 0.446 e. The van der Waals surface area contributed by atoms with Crippen molar-refractivity contribution in [2.24, 2.45) is 0 Å². The van der Waals surface area contributed by atoms with Crippen molar-refractivity contribution in [2.45, 2.75) is 29.3 Å². The third-order valence-electron chi connectivity index (χ3n) is 2.58. The van der Waals surface area contributed by atoms with Gasteiger partial charge in [-0.25, -0.2) is 0 Å². The predicted octanol–water partition coefficient (Wildman–Crippen LogP) is 3.72. The van der Waals surface area contributed by atoms with Gasteiger partial charge in [0.25, 0.3) is 0 Å². The number of nitrogens with one attached hydrogen (secondary N) is 1. The minimum atomic E-state index is -4.20. The van der Waals surface area contributed by atoms with E-state index in [-0.39, 0.29) is 16.7 Å². The summed E-state index contributed by atoms with van der Waals surface area (Å²) in [5.41, 5.74) is -3.13. The van der Waals surface area contributed by atoms with Gasteiger partial charge in [0.15, 0.2) is 0 Å². The first-order chi connectivity index (χ1) is 7.54. The minimum Gasteiger partial charge on any atom is -0.310 e. The van der Waals surface area contributed by atoms with Gasteiger partial charge in [0.2, 0.25) is 0 Å². The fourth-order valence-electron chi connectivity index (χ4n) is 1.87. The summed E-state index contributed by atoms with van der Waals surface area (Å²) in [5.74, 6) is 0. The molecule has 88 valence electrons. The van der Waals surface area contributed by atoms with Crippen molar-refractivity contribution in [3.63, 3.8) is 0 Å². The average Bonchev–Trinajstić information content (AvgIpc) is 2.69. The van der Waals surface area contributed by atoms with Crippen LogP contribution in [0.5, 0.6) is 0 Å². The molecule has 2 rings (SSSR count). The van der Waals surface area contributed by atoms with E-state index in [1.807, 2.05) is 0 Å². The Morgan fingerprint density at radius 3 is 2.38 bits per heavy atom. The van der Waals surface area contributed by atoms with Gasteiger partial charge in [0.05, 0.1) is 0 Å². The van der Waals surface area contributed by atoms with Gasteiger partial charge < -0.3 is 5.32 Å². The second-order valence-electron chi connectivity index (χ2n) is 3.77. The predicted molar refractivity (Wildman–Crippen MR) is 58.3 cm³/mol. The molecule has 1 N–H and O–H groups in total. The Labute approximate surface area is 96.4 Å². The Morgan fingerprint density at radius 2 is 1.88 bits per heavy atom. The molecule has 1 aromatic rings.